The molecule has 0 amide bonds. The van der Waals surface area contributed by atoms with Gasteiger partial charge in [-0.3, -0.25) is 0 Å². The molecule has 0 aliphatic carbocycles. The molecule has 0 spiro atoms. The van der Waals surface area contributed by atoms with Crippen LogP contribution in [0.25, 0.3) is 11.8 Å². The van der Waals surface area contributed by atoms with E-state index in [0.29, 0.717) is 5.02 Å². The number of hydrogen-bond acceptors (Lipinski definition) is 1. The lowest BCUT2D eigenvalue weighted by Crippen LogP contribution is -2.70. The van der Waals surface area contributed by atoms with Gasteiger partial charge in [-0.05, 0) is 39.3 Å². The molecule has 0 atom stereocenters. The SMILES string of the molecule is Clc1cccc(C2=Cc3ccccc3[Si](c3ccccc3)(c3ccccc3)O2)c1. The van der Waals surface area contributed by atoms with Gasteiger partial charge in [-0.15, -0.1) is 0 Å². The second kappa shape index (κ2) is 7.40. The average Bonchev–Trinajstić information content (AvgIpc) is 2.79. The van der Waals surface area contributed by atoms with Crippen molar-refractivity contribution in [2.45, 2.75) is 0 Å². The lowest BCUT2D eigenvalue weighted by Gasteiger charge is -2.38. The van der Waals surface area contributed by atoms with Gasteiger partial charge in [0.2, 0.25) is 0 Å². The summed E-state index contributed by atoms with van der Waals surface area (Å²) in [5.41, 5.74) is 2.20. The molecule has 0 bridgehead atoms. The Bertz CT molecular complexity index is 1150. The van der Waals surface area contributed by atoms with Gasteiger partial charge in [0.1, 0.15) is 5.76 Å². The van der Waals surface area contributed by atoms with Crippen LogP contribution in [-0.2, 0) is 4.43 Å². The molecule has 4 aromatic rings. The van der Waals surface area contributed by atoms with Crippen molar-refractivity contribution in [2.24, 2.45) is 0 Å². The zero-order valence-electron chi connectivity index (χ0n) is 15.8. The van der Waals surface area contributed by atoms with Crippen LogP contribution in [0, 0.1) is 0 Å². The van der Waals surface area contributed by atoms with E-state index < -0.39 is 8.32 Å². The highest BCUT2D eigenvalue weighted by atomic mass is 35.5. The highest BCUT2D eigenvalue weighted by molar-refractivity contribution is 7.08. The average molecular weight is 411 g/mol. The maximum atomic E-state index is 7.06. The number of fused-ring (bicyclic) bond motifs is 1. The first-order valence-corrected chi connectivity index (χ1v) is 11.9. The minimum Gasteiger partial charge on any atom is -0.530 e. The van der Waals surface area contributed by atoms with Crippen LogP contribution >= 0.6 is 11.6 Å². The van der Waals surface area contributed by atoms with Gasteiger partial charge in [0.05, 0.1) is 0 Å². The Kier molecular flexibility index (Phi) is 4.59. The van der Waals surface area contributed by atoms with Crippen LogP contribution in [0.5, 0.6) is 0 Å². The first-order valence-electron chi connectivity index (χ1n) is 9.64. The maximum absolute atomic E-state index is 7.06. The third-order valence-electron chi connectivity index (χ3n) is 5.36. The smallest absolute Gasteiger partial charge is 0.347 e. The van der Waals surface area contributed by atoms with Crippen molar-refractivity contribution in [3.05, 3.63) is 125 Å². The fourth-order valence-electron chi connectivity index (χ4n) is 4.06. The van der Waals surface area contributed by atoms with Crippen molar-refractivity contribution < 1.29 is 4.43 Å². The van der Waals surface area contributed by atoms with Crippen molar-refractivity contribution >= 4 is 47.3 Å². The zero-order valence-corrected chi connectivity index (χ0v) is 17.5. The molecule has 0 saturated carbocycles. The first-order chi connectivity index (χ1) is 14.3. The van der Waals surface area contributed by atoms with Crippen LogP contribution < -0.4 is 15.6 Å². The summed E-state index contributed by atoms with van der Waals surface area (Å²) in [5.74, 6) is 0.866. The molecule has 1 nitrogen and oxygen atoms in total. The highest BCUT2D eigenvalue weighted by Gasteiger charge is 2.47. The summed E-state index contributed by atoms with van der Waals surface area (Å²) in [7, 11) is -2.73. The van der Waals surface area contributed by atoms with Crippen LogP contribution in [0.3, 0.4) is 0 Å². The van der Waals surface area contributed by atoms with Gasteiger partial charge in [-0.1, -0.05) is 109 Å². The van der Waals surface area contributed by atoms with E-state index in [4.69, 9.17) is 16.0 Å². The number of benzene rings is 4. The second-order valence-electron chi connectivity index (χ2n) is 7.12. The molecular formula is C26H19ClOSi. The molecule has 140 valence electrons. The summed E-state index contributed by atoms with van der Waals surface area (Å²) in [6.45, 7) is 0. The van der Waals surface area contributed by atoms with Crippen molar-refractivity contribution in [3.8, 4) is 0 Å². The highest BCUT2D eigenvalue weighted by Crippen LogP contribution is 2.30. The predicted octanol–water partition coefficient (Wildman–Crippen LogP) is 4.84. The van der Waals surface area contributed by atoms with Gasteiger partial charge in [-0.25, -0.2) is 0 Å². The molecular weight excluding hydrogens is 392 g/mol. The Morgan fingerprint density at radius 2 is 1.24 bits per heavy atom. The van der Waals surface area contributed by atoms with Crippen LogP contribution in [0.2, 0.25) is 5.02 Å². The number of rotatable bonds is 3. The summed E-state index contributed by atoms with van der Waals surface area (Å²) in [6.07, 6.45) is 2.14. The monoisotopic (exact) mass is 410 g/mol. The van der Waals surface area contributed by atoms with E-state index in [0.717, 1.165) is 11.3 Å². The van der Waals surface area contributed by atoms with Crippen LogP contribution in [0.1, 0.15) is 11.1 Å². The quantitative estimate of drug-likeness (QED) is 0.439. The molecule has 3 heteroatoms. The lowest BCUT2D eigenvalue weighted by atomic mass is 10.1. The molecule has 0 fully saturated rings. The van der Waals surface area contributed by atoms with Gasteiger partial charge in [0.25, 0.3) is 0 Å². The largest absolute Gasteiger partial charge is 0.530 e. The van der Waals surface area contributed by atoms with E-state index in [2.05, 4.69) is 97.1 Å². The maximum Gasteiger partial charge on any atom is 0.347 e. The Morgan fingerprint density at radius 1 is 0.621 bits per heavy atom. The van der Waals surface area contributed by atoms with Crippen LogP contribution in [0.15, 0.2) is 109 Å². The Hall–Kier alpha value is -3.07. The van der Waals surface area contributed by atoms with Gasteiger partial charge >= 0.3 is 8.32 Å². The Morgan fingerprint density at radius 3 is 1.90 bits per heavy atom. The molecule has 0 radical (unpaired) electrons. The van der Waals surface area contributed by atoms with E-state index in [-0.39, 0.29) is 0 Å². The topological polar surface area (TPSA) is 9.23 Å². The van der Waals surface area contributed by atoms with Gasteiger partial charge < -0.3 is 4.43 Å². The van der Waals surface area contributed by atoms with E-state index in [1.54, 1.807) is 0 Å². The second-order valence-corrected chi connectivity index (χ2v) is 10.8. The molecule has 1 heterocycles. The Labute approximate surface area is 177 Å². The fraction of sp³-hybridized carbons (Fsp3) is 0. The molecule has 0 aromatic heterocycles. The molecule has 1 aliphatic heterocycles. The van der Waals surface area contributed by atoms with Gasteiger partial charge in [0, 0.05) is 10.6 Å². The zero-order chi connectivity index (χ0) is 19.7. The van der Waals surface area contributed by atoms with E-state index in [9.17, 15) is 0 Å². The standard InChI is InChI=1S/C26H19ClOSi/c27-22-12-9-11-20(18-22)25-19-21-10-7-8-17-26(21)29(28-25,23-13-3-1-4-14-23)24-15-5-2-6-16-24/h1-19H. The summed E-state index contributed by atoms with van der Waals surface area (Å²) >= 11 is 6.30. The summed E-state index contributed by atoms with van der Waals surface area (Å²) < 4.78 is 7.06. The van der Waals surface area contributed by atoms with Gasteiger partial charge in [-0.2, -0.15) is 0 Å². The molecule has 0 unspecified atom stereocenters. The molecule has 0 N–H and O–H groups in total. The minimum absolute atomic E-state index is 0.706. The third-order valence-corrected chi connectivity index (χ3v) is 9.63. The minimum atomic E-state index is -2.73. The molecule has 29 heavy (non-hydrogen) atoms. The Balaban J connectivity index is 1.82. The molecule has 0 saturated heterocycles. The molecule has 1 aliphatic rings. The van der Waals surface area contributed by atoms with Crippen molar-refractivity contribution in [2.75, 3.05) is 0 Å². The fourth-order valence-corrected chi connectivity index (χ4v) is 8.27. The molecule has 5 rings (SSSR count). The van der Waals surface area contributed by atoms with E-state index in [1.807, 2.05) is 18.2 Å². The van der Waals surface area contributed by atoms with E-state index >= 15 is 0 Å². The lowest BCUT2D eigenvalue weighted by molar-refractivity contribution is 0.534. The summed E-state index contributed by atoms with van der Waals surface area (Å²) in [4.78, 5) is 0. The van der Waals surface area contributed by atoms with Gasteiger partial charge in [0.15, 0.2) is 0 Å². The summed E-state index contributed by atoms with van der Waals surface area (Å²) in [5, 5.41) is 4.43. The number of halogens is 1. The predicted molar refractivity (Wildman–Crippen MR) is 124 cm³/mol. The van der Waals surface area contributed by atoms with E-state index in [1.165, 1.54) is 21.1 Å². The molecule has 4 aromatic carbocycles. The third kappa shape index (κ3) is 3.11. The van der Waals surface area contributed by atoms with Crippen molar-refractivity contribution in [3.63, 3.8) is 0 Å². The van der Waals surface area contributed by atoms with Crippen molar-refractivity contribution in [1.82, 2.24) is 0 Å². The summed E-state index contributed by atoms with van der Waals surface area (Å²) in [6, 6.07) is 37.7. The van der Waals surface area contributed by atoms with Crippen molar-refractivity contribution in [1.29, 1.82) is 0 Å². The first kappa shape index (κ1) is 18.0. The number of hydrogen-bond donors (Lipinski definition) is 0. The van der Waals surface area contributed by atoms with Crippen LogP contribution in [-0.4, -0.2) is 8.32 Å². The normalized spacial score (nSPS) is 14.4. The van der Waals surface area contributed by atoms with Crippen LogP contribution in [0.4, 0.5) is 0 Å².